The quantitative estimate of drug-likeness (QED) is 0.683. The van der Waals surface area contributed by atoms with Gasteiger partial charge in [-0.1, -0.05) is 0 Å². The predicted octanol–water partition coefficient (Wildman–Crippen LogP) is 1.55. The zero-order valence-electron chi connectivity index (χ0n) is 6.81. The van der Waals surface area contributed by atoms with Gasteiger partial charge in [0.1, 0.15) is 0 Å². The molecule has 12 heavy (non-hydrogen) atoms. The third kappa shape index (κ3) is 2.58. The third-order valence-electron chi connectivity index (χ3n) is 2.30. The predicted molar refractivity (Wildman–Crippen MR) is 57.6 cm³/mol. The van der Waals surface area contributed by atoms with Crippen LogP contribution in [0.3, 0.4) is 0 Å². The lowest BCUT2D eigenvalue weighted by molar-refractivity contribution is 0.0672. The van der Waals surface area contributed by atoms with Gasteiger partial charge < -0.3 is 13.6 Å². The Morgan fingerprint density at radius 2 is 1.83 bits per heavy atom. The van der Waals surface area contributed by atoms with Crippen LogP contribution in [-0.2, 0) is 13.6 Å². The van der Waals surface area contributed by atoms with E-state index in [4.69, 9.17) is 13.6 Å². The number of rotatable bonds is 4. The van der Waals surface area contributed by atoms with Crippen molar-refractivity contribution in [2.24, 2.45) is 5.92 Å². The fraction of sp³-hybridized carbons (Fsp3) is 1.00. The topological polar surface area (TPSA) is 27.7 Å². The zero-order valence-corrected chi connectivity index (χ0v) is 10.3. The van der Waals surface area contributed by atoms with Crippen LogP contribution >= 0.6 is 28.4 Å². The molecule has 0 aromatic carbocycles. The SMILES string of the molecule is POC[C@H]1CC[C@@H](OP)[C@@H]1OP. The van der Waals surface area contributed by atoms with Crippen LogP contribution in [0.15, 0.2) is 0 Å². The van der Waals surface area contributed by atoms with E-state index in [1.807, 2.05) is 0 Å². The highest BCUT2D eigenvalue weighted by Crippen LogP contribution is 2.33. The first-order valence-corrected chi connectivity index (χ1v) is 5.27. The standard InChI is InChI=1S/C6H15O3P3/c10-7-3-4-1-2-5(8-11)6(4)9-12/h4-6H,1-3,10-12H2/t4-,5-,6-/m1/s1. The van der Waals surface area contributed by atoms with E-state index >= 15 is 0 Å². The molecule has 1 fully saturated rings. The van der Waals surface area contributed by atoms with Gasteiger partial charge in [-0.15, -0.1) is 0 Å². The third-order valence-corrected chi connectivity index (χ3v) is 3.15. The molecular formula is C6H15O3P3. The summed E-state index contributed by atoms with van der Waals surface area (Å²) in [6.45, 7) is 0.717. The van der Waals surface area contributed by atoms with Crippen LogP contribution in [-0.4, -0.2) is 18.8 Å². The maximum Gasteiger partial charge on any atom is 0.0925 e. The van der Waals surface area contributed by atoms with Gasteiger partial charge in [0.2, 0.25) is 0 Å². The zero-order chi connectivity index (χ0) is 8.97. The van der Waals surface area contributed by atoms with Crippen LogP contribution in [0, 0.1) is 5.92 Å². The Balaban J connectivity index is 2.44. The molecule has 0 heterocycles. The number of hydrogen-bond acceptors (Lipinski definition) is 3. The van der Waals surface area contributed by atoms with E-state index in [9.17, 15) is 0 Å². The monoisotopic (exact) mass is 228 g/mol. The van der Waals surface area contributed by atoms with E-state index in [0.717, 1.165) is 12.8 Å². The van der Waals surface area contributed by atoms with Crippen molar-refractivity contribution in [2.75, 3.05) is 6.61 Å². The van der Waals surface area contributed by atoms with Crippen LogP contribution in [0.1, 0.15) is 12.8 Å². The summed E-state index contributed by atoms with van der Waals surface area (Å²) in [7, 11) is 6.86. The highest BCUT2D eigenvalue weighted by atomic mass is 31.0. The highest BCUT2D eigenvalue weighted by molar-refractivity contribution is 7.10. The van der Waals surface area contributed by atoms with Crippen LogP contribution in [0.4, 0.5) is 0 Å². The van der Waals surface area contributed by atoms with Gasteiger partial charge in [-0.05, 0) is 12.8 Å². The molecule has 3 nitrogen and oxygen atoms in total. The molecule has 1 rings (SSSR count). The molecule has 0 N–H and O–H groups in total. The van der Waals surface area contributed by atoms with Gasteiger partial charge in [0, 0.05) is 34.3 Å². The normalized spacial score (nSPS) is 35.8. The summed E-state index contributed by atoms with van der Waals surface area (Å²) in [5.41, 5.74) is 0. The van der Waals surface area contributed by atoms with Crippen LogP contribution in [0.25, 0.3) is 0 Å². The molecule has 0 aromatic heterocycles. The minimum Gasteiger partial charge on any atom is -0.365 e. The first kappa shape index (κ1) is 11.2. The van der Waals surface area contributed by atoms with E-state index in [-0.39, 0.29) is 12.2 Å². The highest BCUT2D eigenvalue weighted by Gasteiger charge is 2.36. The molecule has 0 spiro atoms. The van der Waals surface area contributed by atoms with Crippen molar-refractivity contribution >= 4 is 28.4 Å². The van der Waals surface area contributed by atoms with Crippen molar-refractivity contribution < 1.29 is 13.6 Å². The van der Waals surface area contributed by atoms with E-state index < -0.39 is 0 Å². The maximum atomic E-state index is 5.27. The van der Waals surface area contributed by atoms with Gasteiger partial charge in [0.25, 0.3) is 0 Å². The average molecular weight is 228 g/mol. The second kappa shape index (κ2) is 5.81. The Labute approximate surface area is 80.1 Å². The van der Waals surface area contributed by atoms with Crippen molar-refractivity contribution in [3.05, 3.63) is 0 Å². The second-order valence-electron chi connectivity index (χ2n) is 2.95. The molecule has 0 amide bonds. The largest absolute Gasteiger partial charge is 0.365 e. The van der Waals surface area contributed by atoms with E-state index in [2.05, 4.69) is 28.4 Å². The Hall–Kier alpha value is 1.17. The van der Waals surface area contributed by atoms with Crippen molar-refractivity contribution in [1.82, 2.24) is 0 Å². The average Bonchev–Trinajstić information content (AvgIpc) is 2.47. The van der Waals surface area contributed by atoms with Gasteiger partial charge in [-0.3, -0.25) is 0 Å². The molecule has 1 saturated carbocycles. The fourth-order valence-corrected chi connectivity index (χ4v) is 2.59. The summed E-state index contributed by atoms with van der Waals surface area (Å²) in [5.74, 6) is 0.450. The molecule has 0 aliphatic heterocycles. The second-order valence-corrected chi connectivity index (χ2v) is 3.82. The lowest BCUT2D eigenvalue weighted by atomic mass is 10.1. The van der Waals surface area contributed by atoms with Crippen molar-refractivity contribution in [3.8, 4) is 0 Å². The number of hydrogen-bond donors (Lipinski definition) is 0. The van der Waals surface area contributed by atoms with Crippen LogP contribution < -0.4 is 0 Å². The first-order valence-electron chi connectivity index (χ1n) is 3.86. The molecule has 6 atom stereocenters. The summed E-state index contributed by atoms with van der Waals surface area (Å²) in [4.78, 5) is 0. The Kier molecular flexibility index (Phi) is 5.44. The van der Waals surface area contributed by atoms with Gasteiger partial charge in [0.05, 0.1) is 18.8 Å². The molecule has 0 radical (unpaired) electrons. The Morgan fingerprint density at radius 1 is 1.08 bits per heavy atom. The molecule has 72 valence electrons. The van der Waals surface area contributed by atoms with Gasteiger partial charge in [-0.2, -0.15) is 0 Å². The van der Waals surface area contributed by atoms with Gasteiger partial charge >= 0.3 is 0 Å². The Bertz CT molecular complexity index is 135. The molecule has 1 aliphatic carbocycles. The van der Waals surface area contributed by atoms with Gasteiger partial charge in [-0.25, -0.2) is 0 Å². The lowest BCUT2D eigenvalue weighted by Crippen LogP contribution is -2.28. The fourth-order valence-electron chi connectivity index (χ4n) is 1.66. The molecule has 0 aromatic rings. The summed E-state index contributed by atoms with van der Waals surface area (Å²) >= 11 is 0. The van der Waals surface area contributed by atoms with E-state index in [0.29, 0.717) is 12.5 Å². The van der Waals surface area contributed by atoms with Crippen LogP contribution in [0.2, 0.25) is 0 Å². The molecule has 1 aliphatic rings. The molecular weight excluding hydrogens is 213 g/mol. The maximum absolute atomic E-state index is 5.27. The molecule has 3 unspecified atom stereocenters. The summed E-state index contributed by atoms with van der Waals surface area (Å²) < 4.78 is 15.5. The van der Waals surface area contributed by atoms with Crippen molar-refractivity contribution in [1.29, 1.82) is 0 Å². The summed E-state index contributed by atoms with van der Waals surface area (Å²) in [6, 6.07) is 0. The van der Waals surface area contributed by atoms with Crippen molar-refractivity contribution in [2.45, 2.75) is 25.0 Å². The molecule has 0 saturated heterocycles. The van der Waals surface area contributed by atoms with E-state index in [1.54, 1.807) is 0 Å². The van der Waals surface area contributed by atoms with Crippen LogP contribution in [0.5, 0.6) is 0 Å². The summed E-state index contributed by atoms with van der Waals surface area (Å²) in [6.07, 6.45) is 2.49. The minimum atomic E-state index is 0.146. The first-order chi connectivity index (χ1) is 5.83. The van der Waals surface area contributed by atoms with Crippen molar-refractivity contribution in [3.63, 3.8) is 0 Å². The summed E-state index contributed by atoms with van der Waals surface area (Å²) in [5, 5.41) is 0. The molecule has 0 bridgehead atoms. The minimum absolute atomic E-state index is 0.146. The Morgan fingerprint density at radius 3 is 2.33 bits per heavy atom. The lowest BCUT2D eigenvalue weighted by Gasteiger charge is -2.21. The smallest absolute Gasteiger partial charge is 0.0925 e. The molecule has 6 heteroatoms. The van der Waals surface area contributed by atoms with Gasteiger partial charge in [0.15, 0.2) is 0 Å². The van der Waals surface area contributed by atoms with E-state index in [1.165, 1.54) is 0 Å².